The van der Waals surface area contributed by atoms with E-state index in [4.69, 9.17) is 0 Å². The predicted octanol–water partition coefficient (Wildman–Crippen LogP) is 13.5. The second-order valence-corrected chi connectivity index (χ2v) is 13.6. The topological polar surface area (TPSA) is 4.41 Å². The fourth-order valence-corrected chi connectivity index (χ4v) is 8.35. The van der Waals surface area contributed by atoms with Crippen LogP contribution in [0.5, 0.6) is 0 Å². The molecule has 2 heterocycles. The van der Waals surface area contributed by atoms with Crippen LogP contribution in [0.25, 0.3) is 82.6 Å². The van der Waals surface area contributed by atoms with Gasteiger partial charge in [-0.3, -0.25) is 0 Å². The Morgan fingerprint density at radius 1 is 0.449 bits per heavy atom. The van der Waals surface area contributed by atoms with Crippen molar-refractivity contribution in [3.63, 3.8) is 0 Å². The molecular formula is C48H39N. The normalized spacial score (nSPS) is 11.8. The Hall–Kier alpha value is -5.66. The lowest BCUT2D eigenvalue weighted by molar-refractivity contribution is 0.796. The molecule has 0 saturated carbocycles. The summed E-state index contributed by atoms with van der Waals surface area (Å²) in [4.78, 5) is 0. The fraction of sp³-hybridized carbons (Fsp3) is 0.125. The minimum Gasteiger partial charge on any atom is -0.308 e. The number of benzene rings is 7. The van der Waals surface area contributed by atoms with Crippen molar-refractivity contribution in [3.05, 3.63) is 162 Å². The summed E-state index contributed by atoms with van der Waals surface area (Å²) < 4.78 is 2.48. The van der Waals surface area contributed by atoms with E-state index in [-0.39, 0.29) is 0 Å². The number of fused-ring (bicyclic) bond motifs is 6. The van der Waals surface area contributed by atoms with Gasteiger partial charge in [0.05, 0.1) is 16.6 Å². The van der Waals surface area contributed by atoms with Gasteiger partial charge in [-0.05, 0) is 106 Å². The molecule has 236 valence electrons. The molecule has 9 aromatic rings. The zero-order valence-electron chi connectivity index (χ0n) is 28.4. The van der Waals surface area contributed by atoms with Crippen LogP contribution in [0.1, 0.15) is 36.5 Å². The number of para-hydroxylation sites is 2. The maximum atomic E-state index is 2.48. The Bertz CT molecular complexity index is 2650. The highest BCUT2D eigenvalue weighted by atomic mass is 14.9. The first-order valence-electron chi connectivity index (χ1n) is 17.7. The number of rotatable bonds is 7. The van der Waals surface area contributed by atoms with Crippen LogP contribution in [0.3, 0.4) is 0 Å². The van der Waals surface area contributed by atoms with Gasteiger partial charge in [0.25, 0.3) is 0 Å². The third kappa shape index (κ3) is 4.60. The van der Waals surface area contributed by atoms with Crippen molar-refractivity contribution < 1.29 is 0 Å². The number of nitrogens with zero attached hydrogens (tertiary/aromatic N) is 1. The Morgan fingerprint density at radius 3 is 1.73 bits per heavy atom. The van der Waals surface area contributed by atoms with Crippen LogP contribution in [0, 0.1) is 13.8 Å². The van der Waals surface area contributed by atoms with Crippen molar-refractivity contribution in [2.24, 2.45) is 0 Å². The SMILES string of the molecule is CCCCc1ccc(-c2ccccc2)cc1-c1cccc(-c2cccc(-c3ccc4c5ccccc5n5c6ccccc6c3c45)c2C)c1C. The first-order chi connectivity index (χ1) is 24.1. The lowest BCUT2D eigenvalue weighted by Crippen LogP contribution is -1.96. The average molecular weight is 630 g/mol. The zero-order valence-corrected chi connectivity index (χ0v) is 28.4. The lowest BCUT2D eigenvalue weighted by atomic mass is 9.85. The highest BCUT2D eigenvalue weighted by Gasteiger charge is 2.22. The van der Waals surface area contributed by atoms with Crippen molar-refractivity contribution in [3.8, 4) is 44.5 Å². The van der Waals surface area contributed by atoms with Gasteiger partial charge in [-0.1, -0.05) is 141 Å². The van der Waals surface area contributed by atoms with Gasteiger partial charge in [0.1, 0.15) is 0 Å². The molecule has 0 aliphatic heterocycles. The van der Waals surface area contributed by atoms with E-state index in [0.29, 0.717) is 0 Å². The van der Waals surface area contributed by atoms with E-state index in [0.717, 1.165) is 6.42 Å². The van der Waals surface area contributed by atoms with Crippen LogP contribution in [0.2, 0.25) is 0 Å². The van der Waals surface area contributed by atoms with Crippen LogP contribution in [-0.4, -0.2) is 4.40 Å². The maximum absolute atomic E-state index is 2.48. The maximum Gasteiger partial charge on any atom is 0.0626 e. The van der Waals surface area contributed by atoms with Gasteiger partial charge in [-0.15, -0.1) is 0 Å². The van der Waals surface area contributed by atoms with E-state index >= 15 is 0 Å². The summed E-state index contributed by atoms with van der Waals surface area (Å²) in [6.45, 7) is 6.91. The molecule has 49 heavy (non-hydrogen) atoms. The van der Waals surface area contributed by atoms with Crippen molar-refractivity contribution in [1.29, 1.82) is 0 Å². The molecule has 9 rings (SSSR count). The van der Waals surface area contributed by atoms with E-state index in [1.165, 1.54) is 112 Å². The van der Waals surface area contributed by atoms with Gasteiger partial charge in [0.15, 0.2) is 0 Å². The second kappa shape index (κ2) is 11.8. The molecule has 0 fully saturated rings. The quantitative estimate of drug-likeness (QED) is 0.165. The molecule has 0 bridgehead atoms. The summed E-state index contributed by atoms with van der Waals surface area (Å²) in [5.41, 5.74) is 18.3. The Balaban J connectivity index is 1.23. The van der Waals surface area contributed by atoms with E-state index in [1.54, 1.807) is 0 Å². The van der Waals surface area contributed by atoms with Gasteiger partial charge < -0.3 is 4.40 Å². The minimum absolute atomic E-state index is 1.09. The molecular weight excluding hydrogens is 591 g/mol. The molecule has 0 saturated heterocycles. The number of aryl methyl sites for hydroxylation is 1. The first-order valence-corrected chi connectivity index (χ1v) is 17.7. The number of hydrogen-bond donors (Lipinski definition) is 0. The molecule has 1 heteroatoms. The van der Waals surface area contributed by atoms with Crippen LogP contribution in [0.4, 0.5) is 0 Å². The first kappa shape index (κ1) is 29.5. The second-order valence-electron chi connectivity index (χ2n) is 13.6. The minimum atomic E-state index is 1.09. The number of hydrogen-bond acceptors (Lipinski definition) is 0. The zero-order chi connectivity index (χ0) is 33.1. The van der Waals surface area contributed by atoms with E-state index in [1.807, 2.05) is 0 Å². The standard InChI is InChI=1S/C48H39N/c1-4-5-15-34-26-27-35(33-16-7-6-8-17-33)30-44(34)39-23-14-21-37(32(39)3)36-20-13-22-38(31(36)2)41-28-29-42-40-18-9-11-24-45(40)49-46-25-12-10-19-43(46)47(41)48(42)49/h6-14,16-30H,4-5,15H2,1-3H3. The largest absolute Gasteiger partial charge is 0.308 e. The van der Waals surface area contributed by atoms with Gasteiger partial charge >= 0.3 is 0 Å². The van der Waals surface area contributed by atoms with Crippen LogP contribution in [0.15, 0.2) is 146 Å². The molecule has 2 aromatic heterocycles. The molecule has 0 atom stereocenters. The predicted molar refractivity (Wildman–Crippen MR) is 211 cm³/mol. The molecule has 0 unspecified atom stereocenters. The molecule has 0 amide bonds. The highest BCUT2D eigenvalue weighted by molar-refractivity contribution is 6.27. The molecule has 0 aliphatic carbocycles. The van der Waals surface area contributed by atoms with Crippen molar-refractivity contribution in [2.75, 3.05) is 0 Å². The fourth-order valence-electron chi connectivity index (χ4n) is 8.35. The smallest absolute Gasteiger partial charge is 0.0626 e. The lowest BCUT2D eigenvalue weighted by Gasteiger charge is -2.19. The molecule has 7 aromatic carbocycles. The highest BCUT2D eigenvalue weighted by Crippen LogP contribution is 2.46. The Labute approximate surface area is 288 Å². The number of unbranched alkanes of at least 4 members (excludes halogenated alkanes) is 1. The van der Waals surface area contributed by atoms with E-state index in [2.05, 4.69) is 171 Å². The van der Waals surface area contributed by atoms with Gasteiger partial charge in [-0.2, -0.15) is 0 Å². The summed E-state index contributed by atoms with van der Waals surface area (Å²) in [5, 5.41) is 5.28. The van der Waals surface area contributed by atoms with Gasteiger partial charge in [0.2, 0.25) is 0 Å². The van der Waals surface area contributed by atoms with Crippen molar-refractivity contribution in [2.45, 2.75) is 40.0 Å². The summed E-state index contributed by atoms with van der Waals surface area (Å²) in [5.74, 6) is 0. The monoisotopic (exact) mass is 629 g/mol. The van der Waals surface area contributed by atoms with Crippen LogP contribution in [-0.2, 0) is 6.42 Å². The molecule has 0 aliphatic rings. The van der Waals surface area contributed by atoms with Crippen LogP contribution >= 0.6 is 0 Å². The van der Waals surface area contributed by atoms with E-state index in [9.17, 15) is 0 Å². The summed E-state index contributed by atoms with van der Waals surface area (Å²) in [6.07, 6.45) is 3.46. The Kier molecular flexibility index (Phi) is 7.09. The third-order valence-electron chi connectivity index (χ3n) is 10.8. The van der Waals surface area contributed by atoms with E-state index < -0.39 is 0 Å². The van der Waals surface area contributed by atoms with Crippen molar-refractivity contribution in [1.82, 2.24) is 4.40 Å². The Morgan fingerprint density at radius 2 is 1.04 bits per heavy atom. The average Bonchev–Trinajstić information content (AvgIpc) is 3.67. The summed E-state index contributed by atoms with van der Waals surface area (Å²) >= 11 is 0. The number of aromatic nitrogens is 1. The molecule has 0 spiro atoms. The molecule has 1 nitrogen and oxygen atoms in total. The summed E-state index contributed by atoms with van der Waals surface area (Å²) in [6, 6.07) is 54.0. The molecule has 0 radical (unpaired) electrons. The van der Waals surface area contributed by atoms with Crippen molar-refractivity contribution >= 4 is 38.1 Å². The third-order valence-corrected chi connectivity index (χ3v) is 10.8. The molecule has 0 N–H and O–H groups in total. The van der Waals surface area contributed by atoms with Gasteiger partial charge in [0, 0.05) is 21.5 Å². The van der Waals surface area contributed by atoms with Gasteiger partial charge in [-0.25, -0.2) is 0 Å². The summed E-state index contributed by atoms with van der Waals surface area (Å²) in [7, 11) is 0. The van der Waals surface area contributed by atoms with Crippen LogP contribution < -0.4 is 0 Å².